The third kappa shape index (κ3) is 1.46. The summed E-state index contributed by atoms with van der Waals surface area (Å²) in [6, 6.07) is 6.80. The Morgan fingerprint density at radius 1 is 1.36 bits per heavy atom. The van der Waals surface area contributed by atoms with E-state index in [1.54, 1.807) is 0 Å². The van der Waals surface area contributed by atoms with Crippen molar-refractivity contribution in [1.82, 2.24) is 9.78 Å². The average molecular weight is 253 g/mol. The Labute approximate surface area is 92.0 Å². The van der Waals surface area contributed by atoms with Crippen LogP contribution in [0, 0.1) is 6.92 Å². The van der Waals surface area contributed by atoms with Gasteiger partial charge in [-0.2, -0.15) is 5.10 Å². The van der Waals surface area contributed by atoms with Crippen molar-refractivity contribution in [1.29, 1.82) is 0 Å². The molecule has 1 aromatic carbocycles. The van der Waals surface area contributed by atoms with E-state index in [0.717, 1.165) is 4.60 Å². The summed E-state index contributed by atoms with van der Waals surface area (Å²) in [6.45, 7) is 6.37. The summed E-state index contributed by atoms with van der Waals surface area (Å²) >= 11 is 3.49. The van der Waals surface area contributed by atoms with Crippen LogP contribution in [0.4, 0.5) is 0 Å². The Morgan fingerprint density at radius 2 is 2.07 bits per heavy atom. The fourth-order valence-electron chi connectivity index (χ4n) is 1.61. The van der Waals surface area contributed by atoms with Crippen LogP contribution in [0.3, 0.4) is 0 Å². The van der Waals surface area contributed by atoms with Gasteiger partial charge in [0, 0.05) is 11.4 Å². The van der Waals surface area contributed by atoms with Crippen LogP contribution in [0.15, 0.2) is 22.8 Å². The van der Waals surface area contributed by atoms with Crippen LogP contribution in [-0.2, 0) is 0 Å². The topological polar surface area (TPSA) is 17.8 Å². The van der Waals surface area contributed by atoms with Crippen molar-refractivity contribution in [3.05, 3.63) is 28.4 Å². The molecule has 2 nitrogen and oxygen atoms in total. The van der Waals surface area contributed by atoms with Crippen molar-refractivity contribution < 1.29 is 0 Å². The lowest BCUT2D eigenvalue weighted by molar-refractivity contribution is 0.548. The van der Waals surface area contributed by atoms with Crippen LogP contribution < -0.4 is 0 Å². The molecule has 0 spiro atoms. The Bertz CT molecular complexity index is 471. The van der Waals surface area contributed by atoms with Crippen molar-refractivity contribution in [3.8, 4) is 0 Å². The second-order valence-corrected chi connectivity index (χ2v) is 4.60. The number of aryl methyl sites for hydroxylation is 1. The fraction of sp³-hybridized carbons (Fsp3) is 0.364. The predicted octanol–water partition coefficient (Wildman–Crippen LogP) is 3.69. The maximum atomic E-state index is 4.46. The summed E-state index contributed by atoms with van der Waals surface area (Å²) in [7, 11) is 0. The molecule has 0 saturated carbocycles. The minimum atomic E-state index is 0.395. The van der Waals surface area contributed by atoms with Crippen molar-refractivity contribution in [2.24, 2.45) is 0 Å². The van der Waals surface area contributed by atoms with Crippen molar-refractivity contribution in [2.75, 3.05) is 0 Å². The lowest BCUT2D eigenvalue weighted by Crippen LogP contribution is -2.01. The van der Waals surface area contributed by atoms with E-state index in [1.165, 1.54) is 16.5 Å². The number of halogens is 1. The van der Waals surface area contributed by atoms with Crippen LogP contribution in [0.25, 0.3) is 10.9 Å². The standard InChI is InChI=1S/C11H13BrN2/c1-7(2)14-10-5-4-8(3)6-9(10)11(12)13-14/h4-7H,1-3H3. The number of rotatable bonds is 1. The lowest BCUT2D eigenvalue weighted by Gasteiger charge is -2.06. The maximum absolute atomic E-state index is 4.46. The molecule has 0 atom stereocenters. The number of hydrogen-bond donors (Lipinski definition) is 0. The molecule has 74 valence electrons. The first kappa shape index (κ1) is 9.71. The molecule has 3 heteroatoms. The second-order valence-electron chi connectivity index (χ2n) is 3.85. The predicted molar refractivity (Wildman–Crippen MR) is 62.6 cm³/mol. The van der Waals surface area contributed by atoms with Crippen LogP contribution in [0.5, 0.6) is 0 Å². The molecule has 0 saturated heterocycles. The molecule has 1 heterocycles. The molecule has 1 aromatic heterocycles. The second kappa shape index (κ2) is 3.39. The van der Waals surface area contributed by atoms with E-state index in [9.17, 15) is 0 Å². The van der Waals surface area contributed by atoms with E-state index >= 15 is 0 Å². The van der Waals surface area contributed by atoms with Gasteiger partial charge in [0.15, 0.2) is 0 Å². The highest BCUT2D eigenvalue weighted by Crippen LogP contribution is 2.26. The van der Waals surface area contributed by atoms with E-state index in [0.29, 0.717) is 6.04 Å². The largest absolute Gasteiger partial charge is 0.261 e. The van der Waals surface area contributed by atoms with Gasteiger partial charge in [0.2, 0.25) is 0 Å². The van der Waals surface area contributed by atoms with Gasteiger partial charge in [0.05, 0.1) is 5.52 Å². The van der Waals surface area contributed by atoms with Crippen molar-refractivity contribution in [2.45, 2.75) is 26.8 Å². The third-order valence-electron chi connectivity index (χ3n) is 2.31. The Balaban J connectivity index is 2.77. The van der Waals surface area contributed by atoms with Gasteiger partial charge in [0.25, 0.3) is 0 Å². The lowest BCUT2D eigenvalue weighted by atomic mass is 10.2. The maximum Gasteiger partial charge on any atom is 0.136 e. The van der Waals surface area contributed by atoms with Gasteiger partial charge >= 0.3 is 0 Å². The monoisotopic (exact) mass is 252 g/mol. The summed E-state index contributed by atoms with van der Waals surface area (Å²) in [6.07, 6.45) is 0. The zero-order chi connectivity index (χ0) is 10.3. The Morgan fingerprint density at radius 3 is 2.71 bits per heavy atom. The first-order valence-electron chi connectivity index (χ1n) is 4.74. The van der Waals surface area contributed by atoms with Gasteiger partial charge in [-0.1, -0.05) is 11.6 Å². The molecular formula is C11H13BrN2. The molecule has 0 fully saturated rings. The van der Waals surface area contributed by atoms with Crippen molar-refractivity contribution in [3.63, 3.8) is 0 Å². The molecule has 2 aromatic rings. The highest BCUT2D eigenvalue weighted by atomic mass is 79.9. The highest BCUT2D eigenvalue weighted by molar-refractivity contribution is 9.10. The van der Waals surface area contributed by atoms with Gasteiger partial charge < -0.3 is 0 Å². The van der Waals surface area contributed by atoms with E-state index in [2.05, 4.69) is 60.0 Å². The molecule has 0 unspecified atom stereocenters. The molecular weight excluding hydrogens is 240 g/mol. The Kier molecular flexibility index (Phi) is 2.35. The van der Waals surface area contributed by atoms with E-state index in [1.807, 2.05) is 4.68 Å². The number of hydrogen-bond acceptors (Lipinski definition) is 1. The zero-order valence-corrected chi connectivity index (χ0v) is 10.2. The van der Waals surface area contributed by atoms with Crippen LogP contribution >= 0.6 is 15.9 Å². The summed E-state index contributed by atoms with van der Waals surface area (Å²) < 4.78 is 2.98. The molecule has 14 heavy (non-hydrogen) atoms. The molecule has 0 amide bonds. The molecule has 2 rings (SSSR count). The normalized spacial score (nSPS) is 11.5. The smallest absolute Gasteiger partial charge is 0.136 e. The Hall–Kier alpha value is -0.830. The van der Waals surface area contributed by atoms with Gasteiger partial charge in [-0.25, -0.2) is 0 Å². The molecule has 0 aliphatic heterocycles. The summed E-state index contributed by atoms with van der Waals surface area (Å²) in [5.41, 5.74) is 2.46. The zero-order valence-electron chi connectivity index (χ0n) is 8.58. The molecule has 0 bridgehead atoms. The van der Waals surface area contributed by atoms with Crippen molar-refractivity contribution >= 4 is 26.8 Å². The van der Waals surface area contributed by atoms with Crippen LogP contribution in [0.2, 0.25) is 0 Å². The molecule has 0 radical (unpaired) electrons. The number of aromatic nitrogens is 2. The van der Waals surface area contributed by atoms with Gasteiger partial charge in [0.1, 0.15) is 4.60 Å². The first-order chi connectivity index (χ1) is 6.59. The minimum absolute atomic E-state index is 0.395. The highest BCUT2D eigenvalue weighted by Gasteiger charge is 2.09. The average Bonchev–Trinajstić information content (AvgIpc) is 2.44. The van der Waals surface area contributed by atoms with E-state index in [-0.39, 0.29) is 0 Å². The molecule has 0 aliphatic carbocycles. The van der Waals surface area contributed by atoms with Gasteiger partial charge in [-0.3, -0.25) is 4.68 Å². The molecule has 0 N–H and O–H groups in total. The number of benzene rings is 1. The summed E-state index contributed by atoms with van der Waals surface area (Å²) in [4.78, 5) is 0. The quantitative estimate of drug-likeness (QED) is 0.757. The summed E-state index contributed by atoms with van der Waals surface area (Å²) in [5, 5.41) is 5.66. The SMILES string of the molecule is Cc1ccc2c(c1)c(Br)nn2C(C)C. The van der Waals surface area contributed by atoms with Crippen LogP contribution in [0.1, 0.15) is 25.5 Å². The van der Waals surface area contributed by atoms with E-state index < -0.39 is 0 Å². The van der Waals surface area contributed by atoms with Gasteiger partial charge in [-0.15, -0.1) is 0 Å². The minimum Gasteiger partial charge on any atom is -0.261 e. The van der Waals surface area contributed by atoms with Crippen LogP contribution in [-0.4, -0.2) is 9.78 Å². The fourth-order valence-corrected chi connectivity index (χ4v) is 2.10. The van der Waals surface area contributed by atoms with Gasteiger partial charge in [-0.05, 0) is 48.8 Å². The first-order valence-corrected chi connectivity index (χ1v) is 5.53. The number of fused-ring (bicyclic) bond motifs is 1. The number of nitrogens with zero attached hydrogens (tertiary/aromatic N) is 2. The summed E-state index contributed by atoms with van der Waals surface area (Å²) in [5.74, 6) is 0. The van der Waals surface area contributed by atoms with E-state index in [4.69, 9.17) is 0 Å². The molecule has 0 aliphatic rings. The third-order valence-corrected chi connectivity index (χ3v) is 2.89.